The zero-order valence-corrected chi connectivity index (χ0v) is 16.9. The van der Waals surface area contributed by atoms with Crippen molar-refractivity contribution < 1.29 is 49.0 Å². The van der Waals surface area contributed by atoms with Gasteiger partial charge in [-0.2, -0.15) is 0 Å². The molecule has 0 heterocycles. The summed E-state index contributed by atoms with van der Waals surface area (Å²) in [6, 6.07) is 2.94. The molecule has 0 unspecified atom stereocenters. The van der Waals surface area contributed by atoms with Crippen LogP contribution in [-0.2, 0) is 31.8 Å². The molecular formula is C20H30O10. The smallest absolute Gasteiger partial charge is 0.335 e. The summed E-state index contributed by atoms with van der Waals surface area (Å²) >= 11 is 0. The van der Waals surface area contributed by atoms with Crippen LogP contribution < -0.4 is 0 Å². The number of aromatic carboxylic acids is 2. The molecule has 0 atom stereocenters. The van der Waals surface area contributed by atoms with Crippen LogP contribution in [0.5, 0.6) is 0 Å². The number of ether oxygens (including phenoxy) is 4. The minimum atomic E-state index is -1.20. The third-order valence-electron chi connectivity index (χ3n) is 4.14. The van der Waals surface area contributed by atoms with Crippen molar-refractivity contribution in [1.29, 1.82) is 0 Å². The maximum atomic E-state index is 11.7. The molecule has 0 aliphatic heterocycles. The fraction of sp³-hybridized carbons (Fsp3) is 0.600. The van der Waals surface area contributed by atoms with Gasteiger partial charge in [-0.1, -0.05) is 0 Å². The van der Waals surface area contributed by atoms with Crippen LogP contribution in [0.3, 0.4) is 0 Å². The molecule has 10 nitrogen and oxygen atoms in total. The number of rotatable bonds is 18. The van der Waals surface area contributed by atoms with Gasteiger partial charge in [0.05, 0.1) is 37.6 Å². The zero-order chi connectivity index (χ0) is 22.2. The lowest BCUT2D eigenvalue weighted by Gasteiger charge is -2.14. The van der Waals surface area contributed by atoms with Crippen molar-refractivity contribution in [3.63, 3.8) is 0 Å². The number of carboxylic acids is 2. The van der Waals surface area contributed by atoms with Crippen molar-refractivity contribution in [2.45, 2.75) is 25.7 Å². The van der Waals surface area contributed by atoms with E-state index in [1.54, 1.807) is 0 Å². The van der Waals surface area contributed by atoms with Gasteiger partial charge < -0.3 is 39.4 Å². The molecule has 1 aromatic rings. The van der Waals surface area contributed by atoms with Gasteiger partial charge in [-0.05, 0) is 48.9 Å². The van der Waals surface area contributed by atoms with E-state index in [0.29, 0.717) is 57.9 Å². The van der Waals surface area contributed by atoms with Crippen LogP contribution >= 0.6 is 0 Å². The number of aliphatic hydroxyl groups is 2. The Hall–Kier alpha value is -2.08. The first kappa shape index (κ1) is 26.0. The summed E-state index contributed by atoms with van der Waals surface area (Å²) in [5.74, 6) is -2.40. The second-order valence-electron chi connectivity index (χ2n) is 6.29. The maximum Gasteiger partial charge on any atom is 0.335 e. The predicted molar refractivity (Wildman–Crippen MR) is 105 cm³/mol. The zero-order valence-electron chi connectivity index (χ0n) is 16.9. The third kappa shape index (κ3) is 10.1. The van der Waals surface area contributed by atoms with Crippen LogP contribution in [0, 0.1) is 0 Å². The molecule has 0 amide bonds. The molecule has 170 valence electrons. The minimum absolute atomic E-state index is 0.0616. The largest absolute Gasteiger partial charge is 0.478 e. The number of carbonyl (C=O) groups is 2. The monoisotopic (exact) mass is 430 g/mol. The molecule has 0 fully saturated rings. The van der Waals surface area contributed by atoms with Crippen molar-refractivity contribution in [1.82, 2.24) is 0 Å². The summed E-state index contributed by atoms with van der Waals surface area (Å²) in [7, 11) is 0. The summed E-state index contributed by atoms with van der Waals surface area (Å²) in [5, 5.41) is 36.1. The number of benzene rings is 1. The first-order valence-electron chi connectivity index (χ1n) is 9.66. The first-order valence-corrected chi connectivity index (χ1v) is 9.66. The SMILES string of the molecule is O=C(O)c1cc(CCOCCCOCO)cc(C(=O)O)c1CCOCCCOCO. The molecule has 0 saturated carbocycles. The van der Waals surface area contributed by atoms with Gasteiger partial charge in [-0.15, -0.1) is 0 Å². The highest BCUT2D eigenvalue weighted by Gasteiger charge is 2.20. The Morgan fingerprint density at radius 1 is 0.667 bits per heavy atom. The molecule has 0 spiro atoms. The molecule has 0 bridgehead atoms. The van der Waals surface area contributed by atoms with Gasteiger partial charge in [0.25, 0.3) is 0 Å². The second-order valence-corrected chi connectivity index (χ2v) is 6.29. The maximum absolute atomic E-state index is 11.7. The molecule has 0 saturated heterocycles. The highest BCUT2D eigenvalue weighted by Crippen LogP contribution is 2.20. The van der Waals surface area contributed by atoms with E-state index in [1.807, 2.05) is 0 Å². The lowest BCUT2D eigenvalue weighted by molar-refractivity contribution is -0.0109. The summed E-state index contributed by atoms with van der Waals surface area (Å²) in [4.78, 5) is 23.4. The van der Waals surface area contributed by atoms with E-state index in [4.69, 9.17) is 29.2 Å². The summed E-state index contributed by atoms with van der Waals surface area (Å²) in [5.41, 5.74) is 0.650. The normalized spacial score (nSPS) is 11.0. The van der Waals surface area contributed by atoms with Gasteiger partial charge in [-0.3, -0.25) is 0 Å². The lowest BCUT2D eigenvalue weighted by Crippen LogP contribution is -2.15. The van der Waals surface area contributed by atoms with Gasteiger partial charge in [0.1, 0.15) is 13.6 Å². The predicted octanol–water partition coefficient (Wildman–Crippen LogP) is 0.914. The van der Waals surface area contributed by atoms with E-state index in [1.165, 1.54) is 12.1 Å². The molecule has 10 heteroatoms. The van der Waals surface area contributed by atoms with E-state index in [9.17, 15) is 19.8 Å². The standard InChI is InChI=1S/C20H30O10/c21-13-29-7-1-5-27-9-3-15-11-17(19(23)24)16(18(12-15)20(25)26)4-10-28-6-2-8-30-14-22/h11-12,21-22H,1-10,13-14H2,(H,23,24)(H,25,26). The minimum Gasteiger partial charge on any atom is -0.478 e. The number of hydrogen-bond acceptors (Lipinski definition) is 8. The quantitative estimate of drug-likeness (QED) is 0.195. The van der Waals surface area contributed by atoms with Crippen molar-refractivity contribution in [3.8, 4) is 0 Å². The average Bonchev–Trinajstić information content (AvgIpc) is 2.72. The fourth-order valence-corrected chi connectivity index (χ4v) is 2.75. The lowest BCUT2D eigenvalue weighted by atomic mass is 9.94. The number of hydrogen-bond donors (Lipinski definition) is 4. The molecule has 0 aliphatic carbocycles. The van der Waals surface area contributed by atoms with E-state index < -0.39 is 11.9 Å². The average molecular weight is 430 g/mol. The summed E-state index contributed by atoms with van der Waals surface area (Å²) in [6.45, 7) is 1.23. The van der Waals surface area contributed by atoms with Gasteiger partial charge in [0, 0.05) is 13.2 Å². The van der Waals surface area contributed by atoms with E-state index in [-0.39, 0.29) is 43.3 Å². The van der Waals surface area contributed by atoms with E-state index >= 15 is 0 Å². The Labute approximate surface area is 174 Å². The summed E-state index contributed by atoms with van der Waals surface area (Å²) < 4.78 is 20.4. The van der Waals surface area contributed by atoms with E-state index in [0.717, 1.165) is 0 Å². The Morgan fingerprint density at radius 2 is 1.10 bits per heavy atom. The first-order chi connectivity index (χ1) is 14.5. The Bertz CT molecular complexity index is 611. The van der Waals surface area contributed by atoms with Crippen molar-refractivity contribution in [2.24, 2.45) is 0 Å². The number of aliphatic hydroxyl groups excluding tert-OH is 2. The fourth-order valence-electron chi connectivity index (χ4n) is 2.75. The van der Waals surface area contributed by atoms with E-state index in [2.05, 4.69) is 0 Å². The Morgan fingerprint density at radius 3 is 1.53 bits per heavy atom. The summed E-state index contributed by atoms with van der Waals surface area (Å²) in [6.07, 6.45) is 1.67. The second kappa shape index (κ2) is 15.7. The molecule has 30 heavy (non-hydrogen) atoms. The van der Waals surface area contributed by atoms with Crippen LogP contribution in [0.25, 0.3) is 0 Å². The topological polar surface area (TPSA) is 152 Å². The van der Waals surface area contributed by atoms with Crippen molar-refractivity contribution >= 4 is 11.9 Å². The molecule has 1 rings (SSSR count). The van der Waals surface area contributed by atoms with Crippen LogP contribution in [-0.4, -0.2) is 85.6 Å². The number of carboxylic acid groups (broad SMARTS) is 2. The van der Waals surface area contributed by atoms with Crippen molar-refractivity contribution in [3.05, 3.63) is 34.4 Å². The highest BCUT2D eigenvalue weighted by atomic mass is 16.6. The molecule has 0 aromatic heterocycles. The van der Waals surface area contributed by atoms with Crippen LogP contribution in [0.2, 0.25) is 0 Å². The molecule has 0 radical (unpaired) electrons. The van der Waals surface area contributed by atoms with Gasteiger partial charge in [0.2, 0.25) is 0 Å². The third-order valence-corrected chi connectivity index (χ3v) is 4.14. The van der Waals surface area contributed by atoms with Crippen LogP contribution in [0.1, 0.15) is 44.7 Å². The van der Waals surface area contributed by atoms with Gasteiger partial charge in [-0.25, -0.2) is 9.59 Å². The van der Waals surface area contributed by atoms with Crippen LogP contribution in [0.4, 0.5) is 0 Å². The molecule has 0 aliphatic rings. The highest BCUT2D eigenvalue weighted by molar-refractivity contribution is 5.97. The van der Waals surface area contributed by atoms with Gasteiger partial charge in [0.15, 0.2) is 0 Å². The molecular weight excluding hydrogens is 400 g/mol. The van der Waals surface area contributed by atoms with Crippen molar-refractivity contribution in [2.75, 3.05) is 53.2 Å². The van der Waals surface area contributed by atoms with Gasteiger partial charge >= 0.3 is 11.9 Å². The Kier molecular flexibility index (Phi) is 13.6. The van der Waals surface area contributed by atoms with Crippen LogP contribution in [0.15, 0.2) is 12.1 Å². The molecule has 4 N–H and O–H groups in total. The molecule has 1 aromatic carbocycles. The Balaban J connectivity index is 2.69.